The molecule has 1 rings (SSSR count). The van der Waals surface area contributed by atoms with Gasteiger partial charge in [0.15, 0.2) is 0 Å². The molecule has 2 N–H and O–H groups in total. The maximum atomic E-state index is 12.3. The zero-order valence-electron chi connectivity index (χ0n) is 13.8. The summed E-state index contributed by atoms with van der Waals surface area (Å²) in [4.78, 5) is 25.4. The molecule has 5 heteroatoms. The van der Waals surface area contributed by atoms with Crippen molar-refractivity contribution in [2.24, 2.45) is 11.3 Å². The highest BCUT2D eigenvalue weighted by Crippen LogP contribution is 2.23. The van der Waals surface area contributed by atoms with E-state index in [1.54, 1.807) is 4.90 Å². The highest BCUT2D eigenvalue weighted by Gasteiger charge is 2.34. The lowest BCUT2D eigenvalue weighted by atomic mass is 9.87. The van der Waals surface area contributed by atoms with Crippen LogP contribution in [0.4, 0.5) is 4.79 Å². The highest BCUT2D eigenvalue weighted by molar-refractivity contribution is 5.83. The molecule has 21 heavy (non-hydrogen) atoms. The smallest absolute Gasteiger partial charge is 0.326 e. The zero-order valence-corrected chi connectivity index (χ0v) is 13.8. The Morgan fingerprint density at radius 2 is 1.95 bits per heavy atom. The molecule has 1 saturated heterocycles. The summed E-state index contributed by atoms with van der Waals surface area (Å²) in [5.41, 5.74) is -0.502. The molecular formula is C16H30N2O3. The van der Waals surface area contributed by atoms with E-state index in [9.17, 15) is 14.7 Å². The van der Waals surface area contributed by atoms with Crippen molar-refractivity contribution in [3.63, 3.8) is 0 Å². The number of rotatable bonds is 4. The van der Waals surface area contributed by atoms with Gasteiger partial charge in [-0.3, -0.25) is 0 Å². The number of likely N-dealkylation sites (tertiary alicyclic amines) is 1. The van der Waals surface area contributed by atoms with Crippen molar-refractivity contribution in [1.82, 2.24) is 10.2 Å². The van der Waals surface area contributed by atoms with E-state index in [2.05, 4.69) is 12.2 Å². The SMILES string of the molecule is CCCC1CCCN(C(=O)N[C@H](C(=O)O)C(C)(C)C)CC1. The van der Waals surface area contributed by atoms with E-state index >= 15 is 0 Å². The molecule has 1 fully saturated rings. The van der Waals surface area contributed by atoms with Crippen LogP contribution < -0.4 is 5.32 Å². The number of carbonyl (C=O) groups excluding carboxylic acids is 1. The monoisotopic (exact) mass is 298 g/mol. The minimum absolute atomic E-state index is 0.241. The molecule has 0 aliphatic carbocycles. The first kappa shape index (κ1) is 17.8. The van der Waals surface area contributed by atoms with Crippen molar-refractivity contribution in [3.05, 3.63) is 0 Å². The summed E-state index contributed by atoms with van der Waals surface area (Å²) in [5, 5.41) is 12.0. The first-order chi connectivity index (χ1) is 9.75. The van der Waals surface area contributed by atoms with Gasteiger partial charge >= 0.3 is 12.0 Å². The van der Waals surface area contributed by atoms with Gasteiger partial charge < -0.3 is 15.3 Å². The van der Waals surface area contributed by atoms with Crippen molar-refractivity contribution < 1.29 is 14.7 Å². The van der Waals surface area contributed by atoms with Crippen molar-refractivity contribution >= 4 is 12.0 Å². The molecule has 5 nitrogen and oxygen atoms in total. The lowest BCUT2D eigenvalue weighted by molar-refractivity contribution is -0.142. The van der Waals surface area contributed by atoms with Crippen LogP contribution in [0.5, 0.6) is 0 Å². The van der Waals surface area contributed by atoms with Crippen molar-refractivity contribution in [2.45, 2.75) is 65.8 Å². The Labute approximate surface area is 128 Å². The summed E-state index contributed by atoms with van der Waals surface area (Å²) in [6.07, 6.45) is 5.59. The van der Waals surface area contributed by atoms with E-state index in [-0.39, 0.29) is 6.03 Å². The standard InChI is InChI=1S/C16H30N2O3/c1-5-7-12-8-6-10-18(11-9-12)15(21)17-13(14(19)20)16(2,3)4/h12-13H,5-11H2,1-4H3,(H,17,21)(H,19,20)/t12?,13-/m1/s1. The van der Waals surface area contributed by atoms with Gasteiger partial charge in [-0.25, -0.2) is 9.59 Å². The first-order valence-corrected chi connectivity index (χ1v) is 8.04. The fraction of sp³-hybridized carbons (Fsp3) is 0.875. The van der Waals surface area contributed by atoms with Crippen LogP contribution in [-0.2, 0) is 4.79 Å². The number of carboxylic acids is 1. The van der Waals surface area contributed by atoms with Gasteiger partial charge in [0, 0.05) is 13.1 Å². The lowest BCUT2D eigenvalue weighted by Crippen LogP contribution is -2.53. The number of hydrogen-bond donors (Lipinski definition) is 2. The molecule has 1 unspecified atom stereocenters. The molecule has 0 saturated carbocycles. The van der Waals surface area contributed by atoms with Crippen molar-refractivity contribution in [3.8, 4) is 0 Å². The van der Waals surface area contributed by atoms with Crippen LogP contribution in [0.2, 0.25) is 0 Å². The third kappa shape index (κ3) is 5.56. The van der Waals surface area contributed by atoms with Crippen LogP contribution in [0.3, 0.4) is 0 Å². The molecule has 0 radical (unpaired) electrons. The average molecular weight is 298 g/mol. The Morgan fingerprint density at radius 3 is 2.48 bits per heavy atom. The second-order valence-electron chi connectivity index (χ2n) is 7.16. The van der Waals surface area contributed by atoms with E-state index in [1.165, 1.54) is 19.3 Å². The topological polar surface area (TPSA) is 69.6 Å². The number of aliphatic carboxylic acids is 1. The van der Waals surface area contributed by atoms with Gasteiger partial charge in [0.1, 0.15) is 6.04 Å². The maximum absolute atomic E-state index is 12.3. The van der Waals surface area contributed by atoms with Crippen LogP contribution in [0.25, 0.3) is 0 Å². The van der Waals surface area contributed by atoms with Crippen LogP contribution >= 0.6 is 0 Å². The molecule has 1 aliphatic heterocycles. The number of hydrogen-bond acceptors (Lipinski definition) is 2. The van der Waals surface area contributed by atoms with Gasteiger partial charge in [-0.15, -0.1) is 0 Å². The van der Waals surface area contributed by atoms with Gasteiger partial charge in [-0.05, 0) is 30.6 Å². The molecule has 0 aromatic carbocycles. The maximum Gasteiger partial charge on any atom is 0.326 e. The quantitative estimate of drug-likeness (QED) is 0.838. The second-order valence-corrected chi connectivity index (χ2v) is 7.16. The Morgan fingerprint density at radius 1 is 1.29 bits per heavy atom. The number of nitrogens with zero attached hydrogens (tertiary/aromatic N) is 1. The third-order valence-electron chi connectivity index (χ3n) is 4.21. The third-order valence-corrected chi connectivity index (χ3v) is 4.21. The Kier molecular flexibility index (Phi) is 6.49. The number of amides is 2. The summed E-state index contributed by atoms with van der Waals surface area (Å²) < 4.78 is 0. The largest absolute Gasteiger partial charge is 0.480 e. The molecule has 2 atom stereocenters. The fourth-order valence-electron chi connectivity index (χ4n) is 2.93. The van der Waals surface area contributed by atoms with Gasteiger partial charge in [-0.1, -0.05) is 40.5 Å². The zero-order chi connectivity index (χ0) is 16.0. The highest BCUT2D eigenvalue weighted by atomic mass is 16.4. The van der Waals surface area contributed by atoms with Gasteiger partial charge in [-0.2, -0.15) is 0 Å². The van der Waals surface area contributed by atoms with Gasteiger partial charge in [0.05, 0.1) is 0 Å². The molecule has 2 amide bonds. The molecule has 0 bridgehead atoms. The fourth-order valence-corrected chi connectivity index (χ4v) is 2.93. The summed E-state index contributed by atoms with van der Waals surface area (Å²) in [6, 6.07) is -1.10. The molecule has 1 heterocycles. The Bertz CT molecular complexity index is 363. The van der Waals surface area contributed by atoms with Gasteiger partial charge in [0.25, 0.3) is 0 Å². The van der Waals surface area contributed by atoms with E-state index in [1.807, 2.05) is 20.8 Å². The van der Waals surface area contributed by atoms with E-state index in [0.29, 0.717) is 5.92 Å². The summed E-state index contributed by atoms with van der Waals surface area (Å²) in [6.45, 7) is 9.12. The number of carboxylic acid groups (broad SMARTS) is 1. The van der Waals surface area contributed by atoms with E-state index < -0.39 is 17.4 Å². The summed E-state index contributed by atoms with van der Waals surface area (Å²) in [7, 11) is 0. The molecule has 0 spiro atoms. The van der Waals surface area contributed by atoms with Crippen molar-refractivity contribution in [1.29, 1.82) is 0 Å². The molecule has 0 aromatic heterocycles. The Hall–Kier alpha value is -1.26. The molecule has 1 aliphatic rings. The minimum Gasteiger partial charge on any atom is -0.480 e. The van der Waals surface area contributed by atoms with E-state index in [0.717, 1.165) is 25.9 Å². The van der Waals surface area contributed by atoms with E-state index in [4.69, 9.17) is 0 Å². The predicted molar refractivity (Wildman–Crippen MR) is 83.2 cm³/mol. The number of urea groups is 1. The minimum atomic E-state index is -0.977. The lowest BCUT2D eigenvalue weighted by Gasteiger charge is -2.30. The van der Waals surface area contributed by atoms with Gasteiger partial charge in [0.2, 0.25) is 0 Å². The van der Waals surface area contributed by atoms with Crippen LogP contribution in [0.1, 0.15) is 59.8 Å². The predicted octanol–water partition coefficient (Wildman–Crippen LogP) is 3.10. The average Bonchev–Trinajstić information content (AvgIpc) is 2.60. The summed E-state index contributed by atoms with van der Waals surface area (Å²) >= 11 is 0. The number of carbonyl (C=O) groups is 2. The van der Waals surface area contributed by atoms with Crippen LogP contribution in [-0.4, -0.2) is 41.1 Å². The first-order valence-electron chi connectivity index (χ1n) is 8.04. The number of nitrogens with one attached hydrogen (secondary N) is 1. The normalized spacial score (nSPS) is 21.5. The van der Waals surface area contributed by atoms with Crippen LogP contribution in [0.15, 0.2) is 0 Å². The molecule has 122 valence electrons. The van der Waals surface area contributed by atoms with Crippen LogP contribution in [0, 0.1) is 11.3 Å². The Balaban J connectivity index is 2.60. The molecular weight excluding hydrogens is 268 g/mol. The summed E-state index contributed by atoms with van der Waals surface area (Å²) in [5.74, 6) is -0.278. The van der Waals surface area contributed by atoms with Crippen molar-refractivity contribution in [2.75, 3.05) is 13.1 Å². The second kappa shape index (κ2) is 7.66. The molecule has 0 aromatic rings.